The van der Waals surface area contributed by atoms with Crippen molar-refractivity contribution < 1.29 is 0 Å². The van der Waals surface area contributed by atoms with Crippen molar-refractivity contribution in [2.75, 3.05) is 11.9 Å². The number of hydrogen-bond donors (Lipinski definition) is 2. The second kappa shape index (κ2) is 8.02. The zero-order valence-electron chi connectivity index (χ0n) is 15.4. The summed E-state index contributed by atoms with van der Waals surface area (Å²) in [6, 6.07) is 8.10. The summed E-state index contributed by atoms with van der Waals surface area (Å²) < 4.78 is 0. The number of rotatable bonds is 6. The minimum absolute atomic E-state index is 0.542. The van der Waals surface area contributed by atoms with E-state index in [9.17, 15) is 0 Å². The van der Waals surface area contributed by atoms with E-state index in [1.54, 1.807) is 0 Å². The fourth-order valence-electron chi connectivity index (χ4n) is 4.05. The maximum Gasteiger partial charge on any atom is 0.0375 e. The average Bonchev–Trinajstić information content (AvgIpc) is 2.61. The summed E-state index contributed by atoms with van der Waals surface area (Å²) in [5, 5.41) is 7.50. The van der Waals surface area contributed by atoms with Gasteiger partial charge in [-0.05, 0) is 55.3 Å². The Balaban J connectivity index is 1.78. The quantitative estimate of drug-likeness (QED) is 0.791. The Morgan fingerprint density at radius 3 is 2.83 bits per heavy atom. The minimum atomic E-state index is 0.542. The summed E-state index contributed by atoms with van der Waals surface area (Å²) in [7, 11) is 0. The number of fused-ring (bicyclic) bond motifs is 1. The number of hydrogen-bond acceptors (Lipinski definition) is 2. The van der Waals surface area contributed by atoms with E-state index in [4.69, 9.17) is 0 Å². The topological polar surface area (TPSA) is 24.1 Å². The van der Waals surface area contributed by atoms with Gasteiger partial charge >= 0.3 is 0 Å². The van der Waals surface area contributed by atoms with Gasteiger partial charge in [-0.3, -0.25) is 0 Å². The molecule has 0 spiro atoms. The van der Waals surface area contributed by atoms with Crippen LogP contribution in [-0.4, -0.2) is 18.6 Å². The minimum Gasteiger partial charge on any atom is -0.381 e. The molecule has 2 aliphatic rings. The first-order valence-electron chi connectivity index (χ1n) is 9.62. The number of nitrogens with one attached hydrogen (secondary N) is 2. The van der Waals surface area contributed by atoms with Gasteiger partial charge in [0.2, 0.25) is 0 Å². The van der Waals surface area contributed by atoms with E-state index in [2.05, 4.69) is 73.9 Å². The average molecular weight is 325 g/mol. The van der Waals surface area contributed by atoms with E-state index in [-0.39, 0.29) is 0 Å². The van der Waals surface area contributed by atoms with Gasteiger partial charge < -0.3 is 10.6 Å². The standard InChI is InChI=1S/C22H32N2/c1-4-17-10-11-21-20(14-17)15-19(12-13-23-16(2)3)22(24-21)18-8-6-5-7-9-18/h5-8,10-11,14,16,18-19,22-24H,4,9,12-13,15H2,1-3H3/t18?,19-,22+/m1/s1. The van der Waals surface area contributed by atoms with E-state index in [0.29, 0.717) is 23.9 Å². The van der Waals surface area contributed by atoms with E-state index >= 15 is 0 Å². The second-order valence-corrected chi connectivity index (χ2v) is 7.59. The van der Waals surface area contributed by atoms with Crippen LogP contribution < -0.4 is 10.6 Å². The van der Waals surface area contributed by atoms with Crippen LogP contribution in [0.5, 0.6) is 0 Å². The molecule has 2 nitrogen and oxygen atoms in total. The first-order chi connectivity index (χ1) is 11.7. The van der Waals surface area contributed by atoms with Crippen LogP contribution in [0.25, 0.3) is 0 Å². The molecule has 0 fully saturated rings. The number of allylic oxidation sites excluding steroid dienone is 3. The second-order valence-electron chi connectivity index (χ2n) is 7.59. The van der Waals surface area contributed by atoms with Gasteiger partial charge in [-0.25, -0.2) is 0 Å². The molecule has 2 heteroatoms. The lowest BCUT2D eigenvalue weighted by atomic mass is 9.76. The van der Waals surface area contributed by atoms with Crippen molar-refractivity contribution in [1.29, 1.82) is 0 Å². The van der Waals surface area contributed by atoms with Crippen molar-refractivity contribution in [3.63, 3.8) is 0 Å². The molecule has 24 heavy (non-hydrogen) atoms. The van der Waals surface area contributed by atoms with Gasteiger partial charge in [0.15, 0.2) is 0 Å². The maximum atomic E-state index is 3.89. The third kappa shape index (κ3) is 4.10. The summed E-state index contributed by atoms with van der Waals surface area (Å²) in [5.74, 6) is 1.30. The Hall–Kier alpha value is -1.54. The normalized spacial score (nSPS) is 25.6. The van der Waals surface area contributed by atoms with Crippen LogP contribution >= 0.6 is 0 Å². The zero-order valence-corrected chi connectivity index (χ0v) is 15.4. The van der Waals surface area contributed by atoms with Crippen LogP contribution in [-0.2, 0) is 12.8 Å². The SMILES string of the molecule is CCc1ccc2c(c1)C[C@@H](CCNC(C)C)[C@H](C1C=CC=CC1)N2. The smallest absolute Gasteiger partial charge is 0.0375 e. The van der Waals surface area contributed by atoms with Gasteiger partial charge in [0.25, 0.3) is 0 Å². The van der Waals surface area contributed by atoms with Crippen molar-refractivity contribution in [2.24, 2.45) is 11.8 Å². The number of aryl methyl sites for hydroxylation is 1. The lowest BCUT2D eigenvalue weighted by Crippen LogP contribution is -2.42. The van der Waals surface area contributed by atoms with Crippen molar-refractivity contribution >= 4 is 5.69 Å². The van der Waals surface area contributed by atoms with Gasteiger partial charge in [0.1, 0.15) is 0 Å². The van der Waals surface area contributed by atoms with Gasteiger partial charge in [-0.1, -0.05) is 57.2 Å². The number of benzene rings is 1. The monoisotopic (exact) mass is 324 g/mol. The van der Waals surface area contributed by atoms with Gasteiger partial charge in [-0.2, -0.15) is 0 Å². The molecule has 0 radical (unpaired) electrons. The van der Waals surface area contributed by atoms with Crippen molar-refractivity contribution in [2.45, 2.75) is 58.5 Å². The molecule has 1 unspecified atom stereocenters. The molecule has 0 aromatic heterocycles. The fourth-order valence-corrected chi connectivity index (χ4v) is 4.05. The molecule has 1 aliphatic carbocycles. The third-order valence-corrected chi connectivity index (χ3v) is 5.43. The maximum absolute atomic E-state index is 3.89. The highest BCUT2D eigenvalue weighted by molar-refractivity contribution is 5.56. The van der Waals surface area contributed by atoms with E-state index < -0.39 is 0 Å². The lowest BCUT2D eigenvalue weighted by molar-refractivity contribution is 0.330. The summed E-state index contributed by atoms with van der Waals surface area (Å²) in [6.07, 6.45) is 13.8. The van der Waals surface area contributed by atoms with Crippen molar-refractivity contribution in [3.05, 3.63) is 53.6 Å². The van der Waals surface area contributed by atoms with Crippen LogP contribution in [0.2, 0.25) is 0 Å². The molecular formula is C22H32N2. The highest BCUT2D eigenvalue weighted by Crippen LogP contribution is 2.36. The molecule has 130 valence electrons. The van der Waals surface area contributed by atoms with E-state index in [0.717, 1.165) is 19.4 Å². The zero-order chi connectivity index (χ0) is 16.9. The molecule has 0 amide bonds. The highest BCUT2D eigenvalue weighted by atomic mass is 15.0. The highest BCUT2D eigenvalue weighted by Gasteiger charge is 2.32. The van der Waals surface area contributed by atoms with Crippen molar-refractivity contribution in [3.8, 4) is 0 Å². The Kier molecular flexibility index (Phi) is 5.78. The Morgan fingerprint density at radius 1 is 1.25 bits per heavy atom. The largest absolute Gasteiger partial charge is 0.381 e. The van der Waals surface area contributed by atoms with Crippen LogP contribution in [0.15, 0.2) is 42.5 Å². The molecule has 1 aromatic carbocycles. The summed E-state index contributed by atoms with van der Waals surface area (Å²) >= 11 is 0. The molecule has 1 aromatic rings. The predicted molar refractivity (Wildman–Crippen MR) is 105 cm³/mol. The third-order valence-electron chi connectivity index (χ3n) is 5.43. The van der Waals surface area contributed by atoms with E-state index in [1.807, 2.05) is 0 Å². The molecular weight excluding hydrogens is 292 g/mol. The van der Waals surface area contributed by atoms with Gasteiger partial charge in [-0.15, -0.1) is 0 Å². The molecule has 3 rings (SSSR count). The van der Waals surface area contributed by atoms with Crippen LogP contribution in [0, 0.1) is 11.8 Å². The summed E-state index contributed by atoms with van der Waals surface area (Å²) in [5.41, 5.74) is 4.32. The van der Waals surface area contributed by atoms with Crippen LogP contribution in [0.1, 0.15) is 44.7 Å². The first-order valence-corrected chi connectivity index (χ1v) is 9.62. The first kappa shape index (κ1) is 17.3. The molecule has 1 aliphatic heterocycles. The Labute approximate surface area is 147 Å². The molecule has 0 saturated heterocycles. The van der Waals surface area contributed by atoms with E-state index in [1.165, 1.54) is 29.7 Å². The van der Waals surface area contributed by atoms with Gasteiger partial charge in [0, 0.05) is 23.7 Å². The van der Waals surface area contributed by atoms with Crippen LogP contribution in [0.3, 0.4) is 0 Å². The summed E-state index contributed by atoms with van der Waals surface area (Å²) in [4.78, 5) is 0. The molecule has 2 N–H and O–H groups in total. The van der Waals surface area contributed by atoms with Crippen LogP contribution in [0.4, 0.5) is 5.69 Å². The molecule has 1 heterocycles. The Morgan fingerprint density at radius 2 is 2.12 bits per heavy atom. The molecule has 0 saturated carbocycles. The molecule has 0 bridgehead atoms. The summed E-state index contributed by atoms with van der Waals surface area (Å²) in [6.45, 7) is 7.81. The Bertz CT molecular complexity index is 600. The number of anilines is 1. The fraction of sp³-hybridized carbons (Fsp3) is 0.545. The molecule has 3 atom stereocenters. The predicted octanol–water partition coefficient (Wildman–Crippen LogP) is 4.72. The van der Waals surface area contributed by atoms with Crippen molar-refractivity contribution in [1.82, 2.24) is 5.32 Å². The lowest BCUT2D eigenvalue weighted by Gasteiger charge is -2.39. The van der Waals surface area contributed by atoms with Gasteiger partial charge in [0.05, 0.1) is 0 Å².